The van der Waals surface area contributed by atoms with Crippen molar-refractivity contribution in [3.05, 3.63) is 35.4 Å². The van der Waals surface area contributed by atoms with Gasteiger partial charge in [0.25, 0.3) is 0 Å². The number of hydrogen-bond donors (Lipinski definition) is 1. The maximum Gasteiger partial charge on any atom is 0.239 e. The molecule has 0 heterocycles. The van der Waals surface area contributed by atoms with E-state index >= 15 is 0 Å². The van der Waals surface area contributed by atoms with Crippen LogP contribution in [-0.2, 0) is 11.3 Å². The molecule has 0 fully saturated rings. The molecular formula is C15H21N3O. The minimum Gasteiger partial charge on any atom is -0.340 e. The fourth-order valence-electron chi connectivity index (χ4n) is 1.98. The zero-order chi connectivity index (χ0) is 14.4. The summed E-state index contributed by atoms with van der Waals surface area (Å²) >= 11 is 0. The van der Waals surface area contributed by atoms with Gasteiger partial charge in [0, 0.05) is 13.6 Å². The van der Waals surface area contributed by atoms with Gasteiger partial charge < -0.3 is 10.6 Å². The summed E-state index contributed by atoms with van der Waals surface area (Å²) in [6, 6.07) is 8.89. The van der Waals surface area contributed by atoms with E-state index in [1.54, 1.807) is 24.1 Å². The second-order valence-electron chi connectivity index (χ2n) is 5.24. The number of carbonyl (C=O) groups is 1. The summed E-state index contributed by atoms with van der Waals surface area (Å²) in [5, 5.41) is 8.84. The smallest absolute Gasteiger partial charge is 0.239 e. The summed E-state index contributed by atoms with van der Waals surface area (Å²) in [6.45, 7) is 4.56. The molecule has 1 rings (SSSR count). The summed E-state index contributed by atoms with van der Waals surface area (Å²) in [6.07, 6.45) is 0.682. The Morgan fingerprint density at radius 2 is 2.16 bits per heavy atom. The molecule has 0 bridgehead atoms. The van der Waals surface area contributed by atoms with E-state index in [-0.39, 0.29) is 5.91 Å². The number of carbonyl (C=O) groups excluding carboxylic acids is 1. The second kappa shape index (κ2) is 6.91. The topological polar surface area (TPSA) is 70.1 Å². The van der Waals surface area contributed by atoms with Crippen molar-refractivity contribution in [1.29, 1.82) is 5.26 Å². The molecule has 0 aliphatic rings. The molecule has 0 aliphatic carbocycles. The van der Waals surface area contributed by atoms with Crippen LogP contribution in [-0.4, -0.2) is 23.9 Å². The van der Waals surface area contributed by atoms with Gasteiger partial charge in [0.1, 0.15) is 0 Å². The monoisotopic (exact) mass is 259 g/mol. The minimum absolute atomic E-state index is 0.0592. The van der Waals surface area contributed by atoms with Crippen molar-refractivity contribution >= 4 is 5.91 Å². The van der Waals surface area contributed by atoms with Crippen LogP contribution in [0.3, 0.4) is 0 Å². The van der Waals surface area contributed by atoms with Crippen molar-refractivity contribution in [2.45, 2.75) is 32.9 Å². The van der Waals surface area contributed by atoms with E-state index in [2.05, 4.69) is 6.07 Å². The van der Waals surface area contributed by atoms with E-state index in [4.69, 9.17) is 11.0 Å². The molecule has 1 aromatic rings. The first-order valence-corrected chi connectivity index (χ1v) is 6.43. The van der Waals surface area contributed by atoms with Gasteiger partial charge in [0.15, 0.2) is 0 Å². The van der Waals surface area contributed by atoms with Gasteiger partial charge in [-0.1, -0.05) is 26.0 Å². The first-order chi connectivity index (χ1) is 8.93. The van der Waals surface area contributed by atoms with Crippen LogP contribution in [0, 0.1) is 17.2 Å². The molecule has 0 aromatic heterocycles. The molecule has 0 unspecified atom stereocenters. The third-order valence-corrected chi connectivity index (χ3v) is 2.89. The number of benzene rings is 1. The Labute approximate surface area is 114 Å². The minimum atomic E-state index is -0.454. The number of nitrogens with zero attached hydrogens (tertiary/aromatic N) is 2. The van der Waals surface area contributed by atoms with Crippen LogP contribution in [0.1, 0.15) is 31.4 Å². The van der Waals surface area contributed by atoms with E-state index in [1.807, 2.05) is 26.0 Å². The molecule has 4 nitrogen and oxygen atoms in total. The maximum absolute atomic E-state index is 12.1. The highest BCUT2D eigenvalue weighted by molar-refractivity contribution is 5.81. The predicted molar refractivity (Wildman–Crippen MR) is 75.1 cm³/mol. The fraction of sp³-hybridized carbons (Fsp3) is 0.467. The average Bonchev–Trinajstić information content (AvgIpc) is 2.37. The summed E-state index contributed by atoms with van der Waals surface area (Å²) in [4.78, 5) is 13.7. The van der Waals surface area contributed by atoms with Crippen molar-refractivity contribution in [2.75, 3.05) is 7.05 Å². The second-order valence-corrected chi connectivity index (χ2v) is 5.24. The Morgan fingerprint density at radius 1 is 1.47 bits per heavy atom. The highest BCUT2D eigenvalue weighted by atomic mass is 16.2. The number of amides is 1. The van der Waals surface area contributed by atoms with E-state index in [0.717, 1.165) is 5.56 Å². The molecule has 0 radical (unpaired) electrons. The van der Waals surface area contributed by atoms with Gasteiger partial charge in [-0.05, 0) is 30.0 Å². The zero-order valence-corrected chi connectivity index (χ0v) is 11.8. The van der Waals surface area contributed by atoms with E-state index in [1.165, 1.54) is 0 Å². The summed E-state index contributed by atoms with van der Waals surface area (Å²) in [7, 11) is 1.74. The van der Waals surface area contributed by atoms with Crippen molar-refractivity contribution in [3.63, 3.8) is 0 Å². The molecule has 0 saturated heterocycles. The van der Waals surface area contributed by atoms with Gasteiger partial charge in [0.2, 0.25) is 5.91 Å². The van der Waals surface area contributed by atoms with Crippen LogP contribution in [0.15, 0.2) is 24.3 Å². The molecule has 1 aromatic carbocycles. The molecule has 1 amide bonds. The number of rotatable bonds is 5. The van der Waals surface area contributed by atoms with Crippen molar-refractivity contribution < 1.29 is 4.79 Å². The Bertz CT molecular complexity index is 477. The predicted octanol–water partition coefficient (Wildman–Crippen LogP) is 1.89. The van der Waals surface area contributed by atoms with Crippen molar-refractivity contribution in [2.24, 2.45) is 11.7 Å². The molecule has 1 atom stereocenters. The number of nitrogens with two attached hydrogens (primary N) is 1. The standard InChI is InChI=1S/C15H21N3O/c1-11(2)7-14(17)15(19)18(3)10-13-6-4-5-12(8-13)9-16/h4-6,8,11,14H,7,10,17H2,1-3H3/t14-/m1/s1. The van der Waals surface area contributed by atoms with E-state index in [0.29, 0.717) is 24.4 Å². The Morgan fingerprint density at radius 3 is 2.74 bits per heavy atom. The lowest BCUT2D eigenvalue weighted by molar-refractivity contribution is -0.132. The average molecular weight is 259 g/mol. The lowest BCUT2D eigenvalue weighted by Crippen LogP contribution is -2.42. The molecule has 19 heavy (non-hydrogen) atoms. The van der Waals surface area contributed by atoms with Crippen molar-refractivity contribution in [3.8, 4) is 6.07 Å². The quantitative estimate of drug-likeness (QED) is 0.877. The van der Waals surface area contributed by atoms with Crippen LogP contribution in [0.5, 0.6) is 0 Å². The normalized spacial score (nSPS) is 12.0. The van der Waals surface area contributed by atoms with Crippen LogP contribution < -0.4 is 5.73 Å². The lowest BCUT2D eigenvalue weighted by Gasteiger charge is -2.22. The summed E-state index contributed by atoms with van der Waals surface area (Å²) < 4.78 is 0. The number of likely N-dealkylation sites (N-methyl/N-ethyl adjacent to an activating group) is 1. The lowest BCUT2D eigenvalue weighted by atomic mass is 10.0. The SMILES string of the molecule is CC(C)C[C@@H](N)C(=O)N(C)Cc1cccc(C#N)c1. The van der Waals surface area contributed by atoms with Gasteiger partial charge in [-0.2, -0.15) is 5.26 Å². The molecule has 0 saturated carbocycles. The summed E-state index contributed by atoms with van der Waals surface area (Å²) in [5.74, 6) is 0.338. The van der Waals surface area contributed by atoms with Crippen LogP contribution >= 0.6 is 0 Å². The van der Waals surface area contributed by atoms with Gasteiger partial charge >= 0.3 is 0 Å². The third-order valence-electron chi connectivity index (χ3n) is 2.89. The van der Waals surface area contributed by atoms with Crippen LogP contribution in [0.2, 0.25) is 0 Å². The number of nitriles is 1. The maximum atomic E-state index is 12.1. The van der Waals surface area contributed by atoms with Crippen LogP contribution in [0.25, 0.3) is 0 Å². The van der Waals surface area contributed by atoms with Gasteiger partial charge in [-0.15, -0.1) is 0 Å². The molecule has 0 spiro atoms. The van der Waals surface area contributed by atoms with Gasteiger partial charge in [0.05, 0.1) is 17.7 Å². The Kier molecular flexibility index (Phi) is 5.53. The van der Waals surface area contributed by atoms with Gasteiger partial charge in [-0.3, -0.25) is 4.79 Å². The van der Waals surface area contributed by atoms with E-state index in [9.17, 15) is 4.79 Å². The molecule has 2 N–H and O–H groups in total. The third kappa shape index (κ3) is 4.72. The Hall–Kier alpha value is -1.86. The largest absolute Gasteiger partial charge is 0.340 e. The fourth-order valence-corrected chi connectivity index (χ4v) is 1.98. The molecule has 0 aliphatic heterocycles. The first kappa shape index (κ1) is 15.2. The molecule has 4 heteroatoms. The van der Waals surface area contributed by atoms with Crippen LogP contribution in [0.4, 0.5) is 0 Å². The van der Waals surface area contributed by atoms with Gasteiger partial charge in [-0.25, -0.2) is 0 Å². The Balaban J connectivity index is 2.66. The van der Waals surface area contributed by atoms with Crippen molar-refractivity contribution in [1.82, 2.24) is 4.90 Å². The molecule has 102 valence electrons. The molecular weight excluding hydrogens is 238 g/mol. The highest BCUT2D eigenvalue weighted by Crippen LogP contribution is 2.10. The summed E-state index contributed by atoms with van der Waals surface area (Å²) in [5.41, 5.74) is 7.42. The zero-order valence-electron chi connectivity index (χ0n) is 11.8. The first-order valence-electron chi connectivity index (χ1n) is 6.43. The highest BCUT2D eigenvalue weighted by Gasteiger charge is 2.19. The number of hydrogen-bond acceptors (Lipinski definition) is 3. The van der Waals surface area contributed by atoms with E-state index < -0.39 is 6.04 Å².